The van der Waals surface area contributed by atoms with Crippen molar-refractivity contribution < 1.29 is 9.59 Å². The lowest BCUT2D eigenvalue weighted by atomic mass is 9.84. The first-order chi connectivity index (χ1) is 9.60. The van der Waals surface area contributed by atoms with E-state index in [9.17, 15) is 9.59 Å². The van der Waals surface area contributed by atoms with Crippen molar-refractivity contribution in [2.75, 3.05) is 19.6 Å². The molecule has 0 saturated carbocycles. The molecule has 2 aliphatic rings. The van der Waals surface area contributed by atoms with E-state index in [1.165, 1.54) is 0 Å². The van der Waals surface area contributed by atoms with E-state index in [-0.39, 0.29) is 11.8 Å². The largest absolute Gasteiger partial charge is 0.399 e. The zero-order valence-electron chi connectivity index (χ0n) is 11.8. The molecule has 6 nitrogen and oxygen atoms in total. The van der Waals surface area contributed by atoms with Gasteiger partial charge in [-0.25, -0.2) is 0 Å². The third kappa shape index (κ3) is 2.56. The summed E-state index contributed by atoms with van der Waals surface area (Å²) in [7, 11) is 0. The quantitative estimate of drug-likeness (QED) is 0.691. The van der Waals surface area contributed by atoms with Crippen molar-refractivity contribution in [3.8, 4) is 0 Å². The number of hydrogen-bond donors (Lipinski definition) is 2. The number of fused-ring (bicyclic) bond motifs is 1. The molecule has 110 valence electrons. The average molecular weight is 278 g/mol. The fourth-order valence-electron chi connectivity index (χ4n) is 2.71. The molecule has 0 aromatic carbocycles. The maximum atomic E-state index is 12.6. The Bertz CT molecular complexity index is 458. The summed E-state index contributed by atoms with van der Waals surface area (Å²) in [5, 5.41) is 3.10. The molecule has 1 aliphatic heterocycles. The summed E-state index contributed by atoms with van der Waals surface area (Å²) in [6.07, 6.45) is 6.75. The highest BCUT2D eigenvalue weighted by molar-refractivity contribution is 5.95. The molecule has 2 atom stereocenters. The average Bonchev–Trinajstić information content (AvgIpc) is 2.44. The highest BCUT2D eigenvalue weighted by atomic mass is 16.2. The minimum atomic E-state index is -0.465. The van der Waals surface area contributed by atoms with Gasteiger partial charge in [-0.2, -0.15) is 0 Å². The Morgan fingerprint density at radius 2 is 1.85 bits per heavy atom. The van der Waals surface area contributed by atoms with Crippen molar-refractivity contribution in [2.45, 2.75) is 19.8 Å². The molecule has 6 heteroatoms. The first-order valence-corrected chi connectivity index (χ1v) is 7.08. The van der Waals surface area contributed by atoms with E-state index in [1.807, 2.05) is 6.92 Å². The van der Waals surface area contributed by atoms with Crippen LogP contribution in [0.3, 0.4) is 0 Å². The second-order valence-corrected chi connectivity index (χ2v) is 5.09. The van der Waals surface area contributed by atoms with Gasteiger partial charge in [-0.05, 0) is 38.5 Å². The molecule has 2 unspecified atom stereocenters. The van der Waals surface area contributed by atoms with Gasteiger partial charge >= 0.3 is 0 Å². The highest BCUT2D eigenvalue weighted by Crippen LogP contribution is 2.31. The maximum absolute atomic E-state index is 12.6. The van der Waals surface area contributed by atoms with Crippen LogP contribution < -0.4 is 11.5 Å². The fourth-order valence-corrected chi connectivity index (χ4v) is 2.71. The zero-order chi connectivity index (χ0) is 14.7. The molecule has 0 radical (unpaired) electrons. The number of carbonyl (C=O) groups excluding carboxylic acids is 2. The first-order valence-electron chi connectivity index (χ1n) is 7.08. The van der Waals surface area contributed by atoms with Gasteiger partial charge < -0.3 is 11.5 Å². The van der Waals surface area contributed by atoms with E-state index >= 15 is 0 Å². The van der Waals surface area contributed by atoms with Gasteiger partial charge in [0.2, 0.25) is 11.8 Å². The van der Waals surface area contributed by atoms with Gasteiger partial charge in [0, 0.05) is 18.8 Å². The van der Waals surface area contributed by atoms with Crippen LogP contribution in [0.4, 0.5) is 0 Å². The summed E-state index contributed by atoms with van der Waals surface area (Å²) >= 11 is 0. The molecule has 1 heterocycles. The van der Waals surface area contributed by atoms with Crippen LogP contribution in [0.15, 0.2) is 23.9 Å². The van der Waals surface area contributed by atoms with Crippen LogP contribution in [0, 0.1) is 11.8 Å². The van der Waals surface area contributed by atoms with Crippen LogP contribution in [0.5, 0.6) is 0 Å². The first kappa shape index (κ1) is 14.6. The van der Waals surface area contributed by atoms with Crippen molar-refractivity contribution in [1.29, 1.82) is 0 Å². The standard InChI is InChI=1S/C14H22N4O2/c1-2-17-13(19)11-6-5-10(16)9-12(11)14(20)18(17)8-4-3-7-15/h5-6,9,11-12H,2-4,7-8,15-16H2,1H3. The van der Waals surface area contributed by atoms with Gasteiger partial charge in [0.05, 0.1) is 11.8 Å². The fraction of sp³-hybridized carbons (Fsp3) is 0.571. The molecule has 0 aromatic rings. The Labute approximate surface area is 119 Å². The minimum Gasteiger partial charge on any atom is -0.399 e. The molecular weight excluding hydrogens is 256 g/mol. The Hall–Kier alpha value is -1.82. The number of rotatable bonds is 5. The summed E-state index contributed by atoms with van der Waals surface area (Å²) in [6, 6.07) is 0. The van der Waals surface area contributed by atoms with Crippen LogP contribution in [0.2, 0.25) is 0 Å². The van der Waals surface area contributed by atoms with E-state index < -0.39 is 11.8 Å². The molecule has 0 spiro atoms. The van der Waals surface area contributed by atoms with Gasteiger partial charge in [-0.15, -0.1) is 0 Å². The monoisotopic (exact) mass is 278 g/mol. The van der Waals surface area contributed by atoms with Gasteiger partial charge in [0.25, 0.3) is 0 Å². The van der Waals surface area contributed by atoms with Gasteiger partial charge in [-0.1, -0.05) is 6.08 Å². The number of unbranched alkanes of at least 4 members (excludes halogenated alkanes) is 1. The zero-order valence-corrected chi connectivity index (χ0v) is 11.8. The number of hydrogen-bond acceptors (Lipinski definition) is 4. The van der Waals surface area contributed by atoms with Crippen molar-refractivity contribution in [3.05, 3.63) is 23.9 Å². The van der Waals surface area contributed by atoms with E-state index in [0.717, 1.165) is 12.8 Å². The minimum absolute atomic E-state index is 0.0372. The summed E-state index contributed by atoms with van der Waals surface area (Å²) < 4.78 is 0. The molecule has 1 saturated heterocycles. The number of nitrogens with two attached hydrogens (primary N) is 2. The van der Waals surface area contributed by atoms with E-state index in [4.69, 9.17) is 11.5 Å². The van der Waals surface area contributed by atoms with Gasteiger partial charge in [-0.3, -0.25) is 19.6 Å². The van der Waals surface area contributed by atoms with Crippen LogP contribution >= 0.6 is 0 Å². The second-order valence-electron chi connectivity index (χ2n) is 5.09. The lowest BCUT2D eigenvalue weighted by Gasteiger charge is -2.44. The van der Waals surface area contributed by atoms with Crippen LogP contribution in [-0.2, 0) is 9.59 Å². The Kier molecular flexibility index (Phi) is 4.44. The molecule has 2 amide bonds. The number of carbonyl (C=O) groups is 2. The van der Waals surface area contributed by atoms with Crippen LogP contribution in [0.25, 0.3) is 0 Å². The van der Waals surface area contributed by atoms with Crippen LogP contribution in [0.1, 0.15) is 19.8 Å². The van der Waals surface area contributed by atoms with Crippen LogP contribution in [-0.4, -0.2) is 41.5 Å². The summed E-state index contributed by atoms with van der Waals surface area (Å²) in [5.74, 6) is -0.973. The Morgan fingerprint density at radius 1 is 1.15 bits per heavy atom. The Morgan fingerprint density at radius 3 is 2.50 bits per heavy atom. The third-order valence-electron chi connectivity index (χ3n) is 3.75. The number of amides is 2. The molecule has 1 aliphatic carbocycles. The molecular formula is C14H22N4O2. The predicted octanol–water partition coefficient (Wildman–Crippen LogP) is -0.0242. The van der Waals surface area contributed by atoms with E-state index in [2.05, 4.69) is 0 Å². The SMILES string of the molecule is CCN1C(=O)C2C=CC(N)=CC2C(=O)N1CCCCN. The smallest absolute Gasteiger partial charge is 0.249 e. The maximum Gasteiger partial charge on any atom is 0.249 e. The van der Waals surface area contributed by atoms with Gasteiger partial charge in [0.15, 0.2) is 0 Å². The third-order valence-corrected chi connectivity index (χ3v) is 3.75. The Balaban J connectivity index is 2.21. The topological polar surface area (TPSA) is 92.7 Å². The van der Waals surface area contributed by atoms with Crippen molar-refractivity contribution >= 4 is 11.8 Å². The molecule has 4 N–H and O–H groups in total. The number of allylic oxidation sites excluding steroid dienone is 1. The van der Waals surface area contributed by atoms with Crippen molar-refractivity contribution in [2.24, 2.45) is 23.3 Å². The summed E-state index contributed by atoms with van der Waals surface area (Å²) in [6.45, 7) is 3.47. The molecule has 0 aromatic heterocycles. The second kappa shape index (κ2) is 6.09. The highest BCUT2D eigenvalue weighted by Gasteiger charge is 2.44. The lowest BCUT2D eigenvalue weighted by Crippen LogP contribution is -2.60. The molecule has 20 heavy (non-hydrogen) atoms. The van der Waals surface area contributed by atoms with Gasteiger partial charge in [0.1, 0.15) is 0 Å². The summed E-state index contributed by atoms with van der Waals surface area (Å²) in [4.78, 5) is 25.1. The van der Waals surface area contributed by atoms with E-state index in [1.54, 1.807) is 28.2 Å². The lowest BCUT2D eigenvalue weighted by molar-refractivity contribution is -0.178. The van der Waals surface area contributed by atoms with E-state index in [0.29, 0.717) is 25.3 Å². The number of nitrogens with zero attached hydrogens (tertiary/aromatic N) is 2. The predicted molar refractivity (Wildman–Crippen MR) is 75.8 cm³/mol. The normalized spacial score (nSPS) is 25.8. The number of hydrazine groups is 1. The summed E-state index contributed by atoms with van der Waals surface area (Å²) in [5.41, 5.74) is 11.8. The molecule has 2 rings (SSSR count). The van der Waals surface area contributed by atoms with Crippen molar-refractivity contribution in [1.82, 2.24) is 10.0 Å². The molecule has 0 bridgehead atoms. The molecule has 1 fully saturated rings. The van der Waals surface area contributed by atoms with Crippen molar-refractivity contribution in [3.63, 3.8) is 0 Å².